The number of imide groups is 1. The van der Waals surface area contributed by atoms with E-state index in [1.54, 1.807) is 6.21 Å². The first-order valence-corrected chi connectivity index (χ1v) is 5.81. The summed E-state index contributed by atoms with van der Waals surface area (Å²) >= 11 is 0. The van der Waals surface area contributed by atoms with Crippen molar-refractivity contribution in [3.8, 4) is 0 Å². The van der Waals surface area contributed by atoms with Gasteiger partial charge in [-0.05, 0) is 17.0 Å². The molecule has 1 aliphatic heterocycles. The van der Waals surface area contributed by atoms with E-state index in [0.717, 1.165) is 10.6 Å². The van der Waals surface area contributed by atoms with Gasteiger partial charge in [0.15, 0.2) is 0 Å². The van der Waals surface area contributed by atoms with Crippen LogP contribution < -0.4 is 5.32 Å². The summed E-state index contributed by atoms with van der Waals surface area (Å²) in [4.78, 5) is 22.2. The van der Waals surface area contributed by atoms with Crippen LogP contribution in [-0.4, -0.2) is 29.7 Å². The predicted octanol–water partition coefficient (Wildman–Crippen LogP) is 1.70. The van der Waals surface area contributed by atoms with E-state index in [-0.39, 0.29) is 12.5 Å². The summed E-state index contributed by atoms with van der Waals surface area (Å²) < 4.78 is 0. The zero-order chi connectivity index (χ0) is 13.1. The van der Waals surface area contributed by atoms with Crippen molar-refractivity contribution in [2.45, 2.75) is 19.8 Å². The predicted molar refractivity (Wildman–Crippen MR) is 68.4 cm³/mol. The SMILES string of the molecule is CC(C)c1ccc(/C=N/N2CC(=O)NC2=O)cc1. The van der Waals surface area contributed by atoms with Crippen molar-refractivity contribution in [2.75, 3.05) is 6.54 Å². The van der Waals surface area contributed by atoms with E-state index in [9.17, 15) is 9.59 Å². The fraction of sp³-hybridized carbons (Fsp3) is 0.308. The third kappa shape index (κ3) is 2.74. The van der Waals surface area contributed by atoms with E-state index >= 15 is 0 Å². The van der Waals surface area contributed by atoms with Crippen LogP contribution in [0.2, 0.25) is 0 Å². The monoisotopic (exact) mass is 245 g/mol. The van der Waals surface area contributed by atoms with Gasteiger partial charge in [-0.3, -0.25) is 10.1 Å². The number of hydrazone groups is 1. The fourth-order valence-corrected chi connectivity index (χ4v) is 1.63. The molecule has 0 radical (unpaired) electrons. The Balaban J connectivity index is 2.05. The number of rotatable bonds is 3. The topological polar surface area (TPSA) is 61.8 Å². The van der Waals surface area contributed by atoms with Crippen LogP contribution in [0.3, 0.4) is 0 Å². The maximum atomic E-state index is 11.2. The standard InChI is InChI=1S/C13H15N3O2/c1-9(2)11-5-3-10(4-6-11)7-14-16-8-12(17)15-13(16)18/h3-7,9H,8H2,1-2H3,(H,15,17,18)/b14-7+. The van der Waals surface area contributed by atoms with Gasteiger partial charge in [-0.1, -0.05) is 38.1 Å². The van der Waals surface area contributed by atoms with Crippen LogP contribution >= 0.6 is 0 Å². The van der Waals surface area contributed by atoms with Crippen molar-refractivity contribution in [3.05, 3.63) is 35.4 Å². The highest BCUT2D eigenvalue weighted by atomic mass is 16.2. The van der Waals surface area contributed by atoms with Gasteiger partial charge in [0.05, 0.1) is 6.21 Å². The number of hydrogen-bond acceptors (Lipinski definition) is 3. The third-order valence-corrected chi connectivity index (χ3v) is 2.72. The Bertz CT molecular complexity index is 491. The van der Waals surface area contributed by atoms with Crippen LogP contribution in [0.15, 0.2) is 29.4 Å². The van der Waals surface area contributed by atoms with Crippen LogP contribution in [0.1, 0.15) is 30.9 Å². The maximum absolute atomic E-state index is 11.2. The fourth-order valence-electron chi connectivity index (χ4n) is 1.63. The molecule has 0 aliphatic carbocycles. The number of urea groups is 1. The van der Waals surface area contributed by atoms with E-state index in [2.05, 4.69) is 24.3 Å². The Morgan fingerprint density at radius 2 is 1.94 bits per heavy atom. The second-order valence-electron chi connectivity index (χ2n) is 4.48. The second-order valence-corrected chi connectivity index (χ2v) is 4.48. The zero-order valence-corrected chi connectivity index (χ0v) is 10.4. The molecule has 0 spiro atoms. The van der Waals surface area contributed by atoms with Crippen molar-refractivity contribution in [3.63, 3.8) is 0 Å². The normalized spacial score (nSPS) is 15.8. The first-order valence-electron chi connectivity index (χ1n) is 5.81. The molecule has 1 heterocycles. The van der Waals surface area contributed by atoms with Gasteiger partial charge in [-0.2, -0.15) is 5.10 Å². The molecule has 5 heteroatoms. The molecule has 94 valence electrons. The molecule has 0 aromatic heterocycles. The number of amides is 3. The number of nitrogens with one attached hydrogen (secondary N) is 1. The Hall–Kier alpha value is -2.17. The molecule has 1 aromatic carbocycles. The van der Waals surface area contributed by atoms with Crippen molar-refractivity contribution in [2.24, 2.45) is 5.10 Å². The van der Waals surface area contributed by atoms with Gasteiger partial charge in [0.25, 0.3) is 0 Å². The maximum Gasteiger partial charge on any atom is 0.344 e. The molecule has 1 saturated heterocycles. The quantitative estimate of drug-likeness (QED) is 0.650. The second kappa shape index (κ2) is 5.00. The minimum absolute atomic E-state index is 0.0145. The van der Waals surface area contributed by atoms with E-state index < -0.39 is 6.03 Å². The minimum Gasteiger partial charge on any atom is -0.275 e. The summed E-state index contributed by atoms with van der Waals surface area (Å²) in [6.45, 7) is 4.24. The van der Waals surface area contributed by atoms with Crippen LogP contribution in [-0.2, 0) is 4.79 Å². The largest absolute Gasteiger partial charge is 0.344 e. The molecule has 0 bridgehead atoms. The Morgan fingerprint density at radius 1 is 1.28 bits per heavy atom. The molecule has 1 fully saturated rings. The highest BCUT2D eigenvalue weighted by molar-refractivity contribution is 6.02. The molecule has 0 unspecified atom stereocenters. The van der Waals surface area contributed by atoms with Gasteiger partial charge in [-0.25, -0.2) is 9.80 Å². The molecule has 0 atom stereocenters. The van der Waals surface area contributed by atoms with Gasteiger partial charge in [0.1, 0.15) is 6.54 Å². The van der Waals surface area contributed by atoms with Gasteiger partial charge in [0, 0.05) is 0 Å². The lowest BCUT2D eigenvalue weighted by molar-refractivity contribution is -0.118. The van der Waals surface area contributed by atoms with Crippen LogP contribution in [0.5, 0.6) is 0 Å². The van der Waals surface area contributed by atoms with E-state index in [1.165, 1.54) is 5.56 Å². The van der Waals surface area contributed by atoms with Gasteiger partial charge in [0.2, 0.25) is 5.91 Å². The number of carbonyl (C=O) groups excluding carboxylic acids is 2. The van der Waals surface area contributed by atoms with Gasteiger partial charge < -0.3 is 0 Å². The lowest BCUT2D eigenvalue weighted by atomic mass is 10.0. The minimum atomic E-state index is -0.477. The lowest BCUT2D eigenvalue weighted by Crippen LogP contribution is -2.24. The summed E-state index contributed by atoms with van der Waals surface area (Å²) in [6.07, 6.45) is 1.57. The molecule has 3 amide bonds. The molecule has 1 aromatic rings. The number of nitrogens with zero attached hydrogens (tertiary/aromatic N) is 2. The van der Waals surface area contributed by atoms with Crippen LogP contribution in [0.25, 0.3) is 0 Å². The van der Waals surface area contributed by atoms with Crippen LogP contribution in [0.4, 0.5) is 4.79 Å². The zero-order valence-electron chi connectivity index (χ0n) is 10.4. The molecule has 1 N–H and O–H groups in total. The lowest BCUT2D eigenvalue weighted by Gasteiger charge is -2.06. The molecule has 2 rings (SSSR count). The van der Waals surface area contributed by atoms with Crippen molar-refractivity contribution >= 4 is 18.2 Å². The third-order valence-electron chi connectivity index (χ3n) is 2.72. The molecule has 1 aliphatic rings. The van der Waals surface area contributed by atoms with Crippen LogP contribution in [0, 0.1) is 0 Å². The summed E-state index contributed by atoms with van der Waals surface area (Å²) in [6, 6.07) is 7.46. The van der Waals surface area contributed by atoms with Gasteiger partial charge in [-0.15, -0.1) is 0 Å². The smallest absolute Gasteiger partial charge is 0.275 e. The van der Waals surface area contributed by atoms with E-state index in [4.69, 9.17) is 0 Å². The Kier molecular flexibility index (Phi) is 3.41. The number of hydrogen-bond donors (Lipinski definition) is 1. The van der Waals surface area contributed by atoms with Crippen molar-refractivity contribution in [1.82, 2.24) is 10.3 Å². The molecule has 18 heavy (non-hydrogen) atoms. The number of carbonyl (C=O) groups is 2. The van der Waals surface area contributed by atoms with E-state index in [0.29, 0.717) is 5.92 Å². The number of benzene rings is 1. The average molecular weight is 245 g/mol. The molecule has 0 saturated carbocycles. The van der Waals surface area contributed by atoms with Crippen molar-refractivity contribution in [1.29, 1.82) is 0 Å². The summed E-state index contributed by atoms with van der Waals surface area (Å²) in [5.74, 6) is 0.158. The highest BCUT2D eigenvalue weighted by Gasteiger charge is 2.25. The molecule has 5 nitrogen and oxygen atoms in total. The highest BCUT2D eigenvalue weighted by Crippen LogP contribution is 2.14. The first-order chi connectivity index (χ1) is 8.56. The summed E-state index contributed by atoms with van der Waals surface area (Å²) in [5, 5.41) is 7.25. The Labute approximate surface area is 105 Å². The molecular weight excluding hydrogens is 230 g/mol. The first kappa shape index (κ1) is 12.3. The molecular formula is C13H15N3O2. The summed E-state index contributed by atoms with van der Waals surface area (Å²) in [7, 11) is 0. The Morgan fingerprint density at radius 3 is 2.44 bits per heavy atom. The van der Waals surface area contributed by atoms with Crippen molar-refractivity contribution < 1.29 is 9.59 Å². The van der Waals surface area contributed by atoms with Gasteiger partial charge >= 0.3 is 6.03 Å². The van der Waals surface area contributed by atoms with E-state index in [1.807, 2.05) is 24.3 Å². The average Bonchev–Trinajstić information content (AvgIpc) is 2.66. The summed E-state index contributed by atoms with van der Waals surface area (Å²) in [5.41, 5.74) is 2.15.